The van der Waals surface area contributed by atoms with Gasteiger partial charge in [-0.1, -0.05) is 24.3 Å². The van der Waals surface area contributed by atoms with Gasteiger partial charge in [0.05, 0.1) is 12.7 Å². The average Bonchev–Trinajstić information content (AvgIpc) is 2.39. The largest absolute Gasteiger partial charge is 0.497 e. The molecule has 0 heterocycles. The van der Waals surface area contributed by atoms with E-state index in [0.29, 0.717) is 16.9 Å². The molecule has 3 heteroatoms. The Labute approximate surface area is 98.9 Å². The van der Waals surface area contributed by atoms with Gasteiger partial charge in [0.25, 0.3) is 0 Å². The van der Waals surface area contributed by atoms with E-state index in [4.69, 9.17) is 10.00 Å². The zero-order valence-corrected chi connectivity index (χ0v) is 9.27. The SMILES string of the molecule is COc1cccc(-c2cccc(C#N)c2F)c1. The van der Waals surface area contributed by atoms with Gasteiger partial charge in [0.1, 0.15) is 17.6 Å². The molecule has 0 aromatic heterocycles. The number of rotatable bonds is 2. The summed E-state index contributed by atoms with van der Waals surface area (Å²) in [6.45, 7) is 0. The van der Waals surface area contributed by atoms with Crippen molar-refractivity contribution in [3.8, 4) is 22.9 Å². The van der Waals surface area contributed by atoms with Gasteiger partial charge in [-0.15, -0.1) is 0 Å². The number of hydrogen-bond donors (Lipinski definition) is 0. The van der Waals surface area contributed by atoms with E-state index in [1.54, 1.807) is 43.5 Å². The molecule has 0 aliphatic rings. The normalized spacial score (nSPS) is 9.71. The Morgan fingerprint density at radius 3 is 2.65 bits per heavy atom. The average molecular weight is 227 g/mol. The van der Waals surface area contributed by atoms with Gasteiger partial charge in [-0.05, 0) is 23.8 Å². The number of nitrogens with zero attached hydrogens (tertiary/aromatic N) is 1. The highest BCUT2D eigenvalue weighted by Crippen LogP contribution is 2.27. The van der Waals surface area contributed by atoms with Crippen molar-refractivity contribution < 1.29 is 9.13 Å². The van der Waals surface area contributed by atoms with Crippen molar-refractivity contribution in [2.75, 3.05) is 7.11 Å². The fourth-order valence-electron chi connectivity index (χ4n) is 1.63. The van der Waals surface area contributed by atoms with Crippen molar-refractivity contribution in [2.24, 2.45) is 0 Å². The van der Waals surface area contributed by atoms with Gasteiger partial charge in [0.15, 0.2) is 0 Å². The van der Waals surface area contributed by atoms with E-state index >= 15 is 0 Å². The Balaban J connectivity index is 2.57. The van der Waals surface area contributed by atoms with Crippen molar-refractivity contribution >= 4 is 0 Å². The molecule has 0 fully saturated rings. The number of benzene rings is 2. The van der Waals surface area contributed by atoms with Crippen LogP contribution in [0.25, 0.3) is 11.1 Å². The molecule has 2 rings (SSSR count). The van der Waals surface area contributed by atoms with Crippen molar-refractivity contribution in [1.29, 1.82) is 5.26 Å². The van der Waals surface area contributed by atoms with Crippen LogP contribution in [0.3, 0.4) is 0 Å². The summed E-state index contributed by atoms with van der Waals surface area (Å²) in [4.78, 5) is 0. The van der Waals surface area contributed by atoms with E-state index in [-0.39, 0.29) is 5.56 Å². The van der Waals surface area contributed by atoms with E-state index in [0.717, 1.165) is 0 Å². The van der Waals surface area contributed by atoms with Crippen LogP contribution in [0.1, 0.15) is 5.56 Å². The van der Waals surface area contributed by atoms with Crippen LogP contribution in [0.5, 0.6) is 5.75 Å². The minimum absolute atomic E-state index is 0.0466. The van der Waals surface area contributed by atoms with Crippen LogP contribution in [0.2, 0.25) is 0 Å². The molecule has 0 saturated heterocycles. The molecule has 0 bridgehead atoms. The van der Waals surface area contributed by atoms with Crippen LogP contribution in [0.15, 0.2) is 42.5 Å². The molecule has 0 aliphatic carbocycles. The number of hydrogen-bond acceptors (Lipinski definition) is 2. The van der Waals surface area contributed by atoms with Crippen LogP contribution in [-0.4, -0.2) is 7.11 Å². The highest BCUT2D eigenvalue weighted by atomic mass is 19.1. The van der Waals surface area contributed by atoms with Gasteiger partial charge >= 0.3 is 0 Å². The summed E-state index contributed by atoms with van der Waals surface area (Å²) >= 11 is 0. The molecule has 0 unspecified atom stereocenters. The first-order valence-corrected chi connectivity index (χ1v) is 5.09. The number of nitriles is 1. The van der Waals surface area contributed by atoms with Crippen LogP contribution in [0, 0.1) is 17.1 Å². The molecule has 2 aromatic rings. The first-order chi connectivity index (χ1) is 8.26. The molecule has 0 N–H and O–H groups in total. The zero-order chi connectivity index (χ0) is 12.3. The van der Waals surface area contributed by atoms with Gasteiger partial charge < -0.3 is 4.74 Å². The molecule has 0 aliphatic heterocycles. The fourth-order valence-corrected chi connectivity index (χ4v) is 1.63. The second-order valence-electron chi connectivity index (χ2n) is 3.51. The topological polar surface area (TPSA) is 33.0 Å². The molecule has 0 spiro atoms. The minimum Gasteiger partial charge on any atom is -0.497 e. The number of methoxy groups -OCH3 is 1. The maximum atomic E-state index is 13.9. The maximum absolute atomic E-state index is 13.9. The van der Waals surface area contributed by atoms with E-state index in [1.165, 1.54) is 6.07 Å². The Bertz CT molecular complexity index is 587. The lowest BCUT2D eigenvalue weighted by Gasteiger charge is -2.06. The second kappa shape index (κ2) is 4.67. The molecule has 0 atom stereocenters. The van der Waals surface area contributed by atoms with E-state index in [1.807, 2.05) is 6.07 Å². The van der Waals surface area contributed by atoms with Gasteiger partial charge in [0.2, 0.25) is 0 Å². The summed E-state index contributed by atoms with van der Waals surface area (Å²) in [6, 6.07) is 13.7. The van der Waals surface area contributed by atoms with Crippen LogP contribution >= 0.6 is 0 Å². The summed E-state index contributed by atoms with van der Waals surface area (Å²) in [7, 11) is 1.56. The summed E-state index contributed by atoms with van der Waals surface area (Å²) in [6.07, 6.45) is 0. The molecule has 84 valence electrons. The minimum atomic E-state index is -0.497. The van der Waals surface area contributed by atoms with Crippen molar-refractivity contribution in [3.05, 3.63) is 53.8 Å². The quantitative estimate of drug-likeness (QED) is 0.788. The van der Waals surface area contributed by atoms with Gasteiger partial charge in [-0.2, -0.15) is 5.26 Å². The lowest BCUT2D eigenvalue weighted by atomic mass is 10.0. The second-order valence-corrected chi connectivity index (χ2v) is 3.51. The third-order valence-corrected chi connectivity index (χ3v) is 2.50. The Morgan fingerprint density at radius 1 is 1.18 bits per heavy atom. The van der Waals surface area contributed by atoms with Crippen LogP contribution < -0.4 is 4.74 Å². The molecule has 2 nitrogen and oxygen atoms in total. The van der Waals surface area contributed by atoms with Crippen molar-refractivity contribution in [2.45, 2.75) is 0 Å². The highest BCUT2D eigenvalue weighted by Gasteiger charge is 2.09. The van der Waals surface area contributed by atoms with E-state index in [9.17, 15) is 4.39 Å². The summed E-state index contributed by atoms with van der Waals surface area (Å²) in [5.41, 5.74) is 1.15. The third-order valence-electron chi connectivity index (χ3n) is 2.50. The third kappa shape index (κ3) is 2.11. The smallest absolute Gasteiger partial charge is 0.148 e. The monoisotopic (exact) mass is 227 g/mol. The lowest BCUT2D eigenvalue weighted by molar-refractivity contribution is 0.415. The summed E-state index contributed by atoms with van der Waals surface area (Å²) in [5, 5.41) is 8.78. The fraction of sp³-hybridized carbons (Fsp3) is 0.0714. The maximum Gasteiger partial charge on any atom is 0.148 e. The van der Waals surface area contributed by atoms with Crippen molar-refractivity contribution in [1.82, 2.24) is 0 Å². The van der Waals surface area contributed by atoms with E-state index in [2.05, 4.69) is 0 Å². The van der Waals surface area contributed by atoms with Crippen LogP contribution in [-0.2, 0) is 0 Å². The first-order valence-electron chi connectivity index (χ1n) is 5.09. The predicted molar refractivity (Wildman–Crippen MR) is 63.1 cm³/mol. The highest BCUT2D eigenvalue weighted by molar-refractivity contribution is 5.67. The molecule has 0 amide bonds. The lowest BCUT2D eigenvalue weighted by Crippen LogP contribution is -1.90. The Morgan fingerprint density at radius 2 is 1.94 bits per heavy atom. The number of ether oxygens (including phenoxy) is 1. The standard InChI is InChI=1S/C14H10FNO/c1-17-12-6-2-4-10(8-12)13-7-3-5-11(9-16)14(13)15/h2-8H,1H3. The zero-order valence-electron chi connectivity index (χ0n) is 9.27. The van der Waals surface area contributed by atoms with E-state index < -0.39 is 5.82 Å². The molecule has 0 saturated carbocycles. The van der Waals surface area contributed by atoms with Gasteiger partial charge in [-0.25, -0.2) is 4.39 Å². The Hall–Kier alpha value is -2.34. The van der Waals surface area contributed by atoms with Crippen molar-refractivity contribution in [3.63, 3.8) is 0 Å². The molecular formula is C14H10FNO. The van der Waals surface area contributed by atoms with Gasteiger partial charge in [-0.3, -0.25) is 0 Å². The predicted octanol–water partition coefficient (Wildman–Crippen LogP) is 3.37. The summed E-state index contributed by atoms with van der Waals surface area (Å²) in [5.74, 6) is 0.160. The molecular weight excluding hydrogens is 217 g/mol. The molecule has 17 heavy (non-hydrogen) atoms. The first kappa shape index (κ1) is 11.2. The van der Waals surface area contributed by atoms with Crippen LogP contribution in [0.4, 0.5) is 4.39 Å². The molecule has 0 radical (unpaired) electrons. The molecule has 2 aromatic carbocycles. The summed E-state index contributed by atoms with van der Waals surface area (Å²) < 4.78 is 19.0. The Kier molecular flexibility index (Phi) is 3.06. The number of halogens is 1. The van der Waals surface area contributed by atoms with Gasteiger partial charge in [0, 0.05) is 5.56 Å².